The van der Waals surface area contributed by atoms with Crippen LogP contribution in [-0.2, 0) is 16.0 Å². The molecule has 1 heterocycles. The Bertz CT molecular complexity index is 1060. The molecule has 1 fully saturated rings. The van der Waals surface area contributed by atoms with Gasteiger partial charge in [-0.2, -0.15) is 5.26 Å². The Balaban J connectivity index is 1.25. The molecule has 0 spiro atoms. The van der Waals surface area contributed by atoms with Gasteiger partial charge in [0.25, 0.3) is 0 Å². The maximum Gasteiger partial charge on any atom is 0.228 e. The molecule has 1 aliphatic carbocycles. The smallest absolute Gasteiger partial charge is 0.228 e. The standard InChI is InChI=1S/C22H20N4O2/c23-12-14-5-7-16(8-6-14)26-22(28)19-11-18(19)21(27)24-10-9-15-13-25-20-4-2-1-3-17(15)20/h1-8,13,18-19,25H,9-11H2,(H,24,27)(H,26,28). The van der Waals surface area contributed by atoms with Crippen molar-refractivity contribution in [3.05, 3.63) is 65.9 Å². The van der Waals surface area contributed by atoms with Crippen LogP contribution in [-0.4, -0.2) is 23.3 Å². The summed E-state index contributed by atoms with van der Waals surface area (Å²) in [5.41, 5.74) is 3.43. The van der Waals surface area contributed by atoms with Crippen molar-refractivity contribution in [2.75, 3.05) is 11.9 Å². The number of H-pyrrole nitrogens is 1. The summed E-state index contributed by atoms with van der Waals surface area (Å²) in [6.07, 6.45) is 3.29. The molecule has 0 bridgehead atoms. The van der Waals surface area contributed by atoms with Crippen molar-refractivity contribution >= 4 is 28.4 Å². The van der Waals surface area contributed by atoms with Crippen LogP contribution in [0.25, 0.3) is 10.9 Å². The van der Waals surface area contributed by atoms with Gasteiger partial charge in [-0.05, 0) is 48.7 Å². The number of aromatic amines is 1. The van der Waals surface area contributed by atoms with Gasteiger partial charge in [0.05, 0.1) is 23.5 Å². The molecule has 1 aromatic heterocycles. The van der Waals surface area contributed by atoms with Gasteiger partial charge < -0.3 is 15.6 Å². The fraction of sp³-hybridized carbons (Fsp3) is 0.227. The third-order valence-corrected chi connectivity index (χ3v) is 5.11. The van der Waals surface area contributed by atoms with Gasteiger partial charge in [0.15, 0.2) is 0 Å². The SMILES string of the molecule is N#Cc1ccc(NC(=O)C2CC2C(=O)NCCc2c[nH]c3ccccc23)cc1. The third kappa shape index (κ3) is 3.74. The van der Waals surface area contributed by atoms with E-state index in [0.29, 0.717) is 24.2 Å². The van der Waals surface area contributed by atoms with E-state index in [2.05, 4.69) is 21.7 Å². The number of aromatic nitrogens is 1. The Hall–Kier alpha value is -3.59. The van der Waals surface area contributed by atoms with Crippen molar-refractivity contribution < 1.29 is 9.59 Å². The molecule has 0 aliphatic heterocycles. The van der Waals surface area contributed by atoms with Crippen LogP contribution in [0.4, 0.5) is 5.69 Å². The Morgan fingerprint density at radius 3 is 2.61 bits per heavy atom. The number of hydrogen-bond acceptors (Lipinski definition) is 3. The highest BCUT2D eigenvalue weighted by atomic mass is 16.2. The summed E-state index contributed by atoms with van der Waals surface area (Å²) in [7, 11) is 0. The predicted octanol–water partition coefficient (Wildman–Crippen LogP) is 2.97. The van der Waals surface area contributed by atoms with E-state index in [1.165, 1.54) is 10.9 Å². The van der Waals surface area contributed by atoms with Gasteiger partial charge in [-0.25, -0.2) is 0 Å². The first-order chi connectivity index (χ1) is 13.7. The zero-order chi connectivity index (χ0) is 19.5. The van der Waals surface area contributed by atoms with Crippen LogP contribution >= 0.6 is 0 Å². The molecule has 1 aliphatic rings. The second kappa shape index (κ2) is 7.57. The second-order valence-electron chi connectivity index (χ2n) is 7.03. The molecule has 0 saturated heterocycles. The van der Waals surface area contributed by atoms with Gasteiger partial charge in [-0.1, -0.05) is 18.2 Å². The molecule has 3 aromatic rings. The summed E-state index contributed by atoms with van der Waals surface area (Å²) in [6, 6.07) is 16.8. The van der Waals surface area contributed by atoms with Gasteiger partial charge >= 0.3 is 0 Å². The highest BCUT2D eigenvalue weighted by molar-refractivity contribution is 5.99. The van der Waals surface area contributed by atoms with Gasteiger partial charge in [-0.3, -0.25) is 9.59 Å². The van der Waals surface area contributed by atoms with E-state index in [0.717, 1.165) is 11.9 Å². The maximum absolute atomic E-state index is 12.3. The fourth-order valence-electron chi connectivity index (χ4n) is 3.43. The molecule has 1 saturated carbocycles. The molecule has 2 unspecified atom stereocenters. The number of rotatable bonds is 6. The number of carbonyl (C=O) groups is 2. The first-order valence-electron chi connectivity index (χ1n) is 9.29. The molecule has 28 heavy (non-hydrogen) atoms. The first kappa shape index (κ1) is 17.8. The largest absolute Gasteiger partial charge is 0.361 e. The lowest BCUT2D eigenvalue weighted by atomic mass is 10.1. The lowest BCUT2D eigenvalue weighted by Gasteiger charge is -2.06. The van der Waals surface area contributed by atoms with E-state index in [9.17, 15) is 9.59 Å². The minimum atomic E-state index is -0.288. The van der Waals surface area contributed by atoms with E-state index in [1.807, 2.05) is 30.5 Å². The Morgan fingerprint density at radius 1 is 1.07 bits per heavy atom. The summed E-state index contributed by atoms with van der Waals surface area (Å²) < 4.78 is 0. The summed E-state index contributed by atoms with van der Waals surface area (Å²) in [4.78, 5) is 27.8. The first-order valence-corrected chi connectivity index (χ1v) is 9.29. The summed E-state index contributed by atoms with van der Waals surface area (Å²) in [5.74, 6) is -0.772. The van der Waals surface area contributed by atoms with Gasteiger partial charge in [0, 0.05) is 29.3 Å². The number of amides is 2. The quantitative estimate of drug-likeness (QED) is 0.620. The zero-order valence-corrected chi connectivity index (χ0v) is 15.2. The number of anilines is 1. The lowest BCUT2D eigenvalue weighted by Crippen LogP contribution is -2.29. The molecular weight excluding hydrogens is 352 g/mol. The van der Waals surface area contributed by atoms with E-state index >= 15 is 0 Å². The monoisotopic (exact) mass is 372 g/mol. The van der Waals surface area contributed by atoms with Crippen LogP contribution < -0.4 is 10.6 Å². The van der Waals surface area contributed by atoms with Crippen LogP contribution in [0, 0.1) is 23.2 Å². The number of para-hydroxylation sites is 1. The molecule has 2 aromatic carbocycles. The van der Waals surface area contributed by atoms with Crippen LogP contribution in [0.15, 0.2) is 54.7 Å². The zero-order valence-electron chi connectivity index (χ0n) is 15.2. The number of fused-ring (bicyclic) bond motifs is 1. The van der Waals surface area contributed by atoms with Crippen LogP contribution in [0.5, 0.6) is 0 Å². The highest BCUT2D eigenvalue weighted by Crippen LogP contribution is 2.39. The third-order valence-electron chi connectivity index (χ3n) is 5.11. The Kier molecular flexibility index (Phi) is 4.81. The van der Waals surface area contributed by atoms with Crippen molar-refractivity contribution in [3.63, 3.8) is 0 Å². The number of benzene rings is 2. The number of carbonyl (C=O) groups excluding carboxylic acids is 2. The van der Waals surface area contributed by atoms with Crippen molar-refractivity contribution in [1.29, 1.82) is 5.26 Å². The molecular formula is C22H20N4O2. The van der Waals surface area contributed by atoms with Crippen LogP contribution in [0.1, 0.15) is 17.5 Å². The van der Waals surface area contributed by atoms with Crippen molar-refractivity contribution in [1.82, 2.24) is 10.3 Å². The summed E-state index contributed by atoms with van der Waals surface area (Å²) in [5, 5.41) is 15.7. The molecule has 140 valence electrons. The molecule has 0 radical (unpaired) electrons. The van der Waals surface area contributed by atoms with Gasteiger partial charge in [0.1, 0.15) is 0 Å². The molecule has 6 nitrogen and oxygen atoms in total. The number of nitrogens with zero attached hydrogens (tertiary/aromatic N) is 1. The predicted molar refractivity (Wildman–Crippen MR) is 106 cm³/mol. The van der Waals surface area contributed by atoms with Gasteiger partial charge in [-0.15, -0.1) is 0 Å². The van der Waals surface area contributed by atoms with Gasteiger partial charge in [0.2, 0.25) is 11.8 Å². The average molecular weight is 372 g/mol. The van der Waals surface area contributed by atoms with Crippen molar-refractivity contribution in [3.8, 4) is 6.07 Å². The van der Waals surface area contributed by atoms with E-state index in [1.54, 1.807) is 24.3 Å². The highest BCUT2D eigenvalue weighted by Gasteiger charge is 2.47. The summed E-state index contributed by atoms with van der Waals surface area (Å²) >= 11 is 0. The van der Waals surface area contributed by atoms with Crippen LogP contribution in [0.2, 0.25) is 0 Å². The number of hydrogen-bond donors (Lipinski definition) is 3. The topological polar surface area (TPSA) is 97.8 Å². The molecule has 2 atom stereocenters. The minimum absolute atomic E-state index is 0.0696. The van der Waals surface area contributed by atoms with Crippen molar-refractivity contribution in [2.45, 2.75) is 12.8 Å². The van der Waals surface area contributed by atoms with Crippen LogP contribution in [0.3, 0.4) is 0 Å². The van der Waals surface area contributed by atoms with E-state index < -0.39 is 0 Å². The fourth-order valence-corrected chi connectivity index (χ4v) is 3.43. The minimum Gasteiger partial charge on any atom is -0.361 e. The second-order valence-corrected chi connectivity index (χ2v) is 7.03. The van der Waals surface area contributed by atoms with Crippen molar-refractivity contribution in [2.24, 2.45) is 11.8 Å². The molecule has 3 N–H and O–H groups in total. The molecule has 6 heteroatoms. The maximum atomic E-state index is 12.3. The Morgan fingerprint density at radius 2 is 1.82 bits per heavy atom. The normalized spacial score (nSPS) is 17.7. The van der Waals surface area contributed by atoms with E-state index in [-0.39, 0.29) is 23.7 Å². The Labute approximate surface area is 162 Å². The summed E-state index contributed by atoms with van der Waals surface area (Å²) in [6.45, 7) is 0.543. The number of nitriles is 1. The molecule has 4 rings (SSSR count). The average Bonchev–Trinajstić information content (AvgIpc) is 3.43. The molecule has 2 amide bonds. The number of nitrogens with one attached hydrogen (secondary N) is 3. The lowest BCUT2D eigenvalue weighted by molar-refractivity contribution is -0.125. The van der Waals surface area contributed by atoms with E-state index in [4.69, 9.17) is 5.26 Å².